The third-order valence-electron chi connectivity index (χ3n) is 3.91. The number of nitrogens with one attached hydrogen (secondary N) is 1. The van der Waals surface area contributed by atoms with Crippen LogP contribution in [0.25, 0.3) is 0 Å². The Kier molecular flexibility index (Phi) is 7.34. The maximum absolute atomic E-state index is 12.0. The maximum atomic E-state index is 12.0. The fourth-order valence-electron chi connectivity index (χ4n) is 2.61. The highest BCUT2D eigenvalue weighted by atomic mass is 16.5. The summed E-state index contributed by atoms with van der Waals surface area (Å²) in [5.74, 6) is 0.138. The van der Waals surface area contributed by atoms with Crippen LogP contribution in [0.5, 0.6) is 0 Å². The van der Waals surface area contributed by atoms with Gasteiger partial charge in [-0.15, -0.1) is 0 Å². The molecule has 19 heavy (non-hydrogen) atoms. The summed E-state index contributed by atoms with van der Waals surface area (Å²) >= 11 is 0. The Balaban J connectivity index is 2.18. The van der Waals surface area contributed by atoms with Gasteiger partial charge in [0.15, 0.2) is 0 Å². The molecule has 1 amide bonds. The van der Waals surface area contributed by atoms with Crippen LogP contribution < -0.4 is 5.32 Å². The van der Waals surface area contributed by atoms with Crippen LogP contribution in [0.1, 0.15) is 26.2 Å². The Labute approximate surface area is 117 Å². The molecule has 5 heteroatoms. The van der Waals surface area contributed by atoms with E-state index >= 15 is 0 Å². The number of likely N-dealkylation sites (N-methyl/N-ethyl adjacent to an activating group) is 1. The van der Waals surface area contributed by atoms with Gasteiger partial charge in [-0.05, 0) is 33.4 Å². The number of rotatable bonds is 7. The molecule has 5 nitrogen and oxygen atoms in total. The van der Waals surface area contributed by atoms with E-state index in [1.165, 1.54) is 0 Å². The Morgan fingerprint density at radius 2 is 2.05 bits per heavy atom. The molecule has 1 aliphatic rings. The van der Waals surface area contributed by atoms with Crippen LogP contribution >= 0.6 is 0 Å². The Morgan fingerprint density at radius 3 is 2.53 bits per heavy atom. The zero-order chi connectivity index (χ0) is 14.3. The van der Waals surface area contributed by atoms with E-state index in [2.05, 4.69) is 10.2 Å². The van der Waals surface area contributed by atoms with Crippen molar-refractivity contribution in [2.75, 3.05) is 47.4 Å². The standard InChI is InChI=1S/C14H29N3O2/c1-5-13(16(2)3)14(18)15-8-11-17-9-6-12(19-4)7-10-17/h12-13H,5-11H2,1-4H3,(H,15,18)/t13-/m0/s1. The van der Waals surface area contributed by atoms with Gasteiger partial charge in [0.2, 0.25) is 5.91 Å². The summed E-state index contributed by atoms with van der Waals surface area (Å²) in [6.07, 6.45) is 3.46. The minimum absolute atomic E-state index is 0.0146. The quantitative estimate of drug-likeness (QED) is 0.735. The Bertz CT molecular complexity index is 263. The number of likely N-dealkylation sites (tertiary alicyclic amines) is 1. The molecule has 1 N–H and O–H groups in total. The van der Waals surface area contributed by atoms with Crippen LogP contribution in [0.4, 0.5) is 0 Å². The molecule has 1 rings (SSSR count). The van der Waals surface area contributed by atoms with E-state index in [0.717, 1.165) is 45.4 Å². The van der Waals surface area contributed by atoms with Gasteiger partial charge in [0.05, 0.1) is 12.1 Å². The first-order valence-electron chi connectivity index (χ1n) is 7.27. The highest BCUT2D eigenvalue weighted by molar-refractivity contribution is 5.81. The molecule has 1 fully saturated rings. The fraction of sp³-hybridized carbons (Fsp3) is 0.929. The Hall–Kier alpha value is -0.650. The molecule has 0 unspecified atom stereocenters. The first-order chi connectivity index (χ1) is 9.08. The van der Waals surface area contributed by atoms with Crippen molar-refractivity contribution < 1.29 is 9.53 Å². The predicted molar refractivity (Wildman–Crippen MR) is 77.2 cm³/mol. The molecule has 0 aromatic rings. The largest absolute Gasteiger partial charge is 0.381 e. The SMILES string of the molecule is CC[C@@H](C(=O)NCCN1CCC(OC)CC1)N(C)C. The third kappa shape index (κ3) is 5.47. The van der Waals surface area contributed by atoms with Crippen molar-refractivity contribution in [1.82, 2.24) is 15.1 Å². The number of ether oxygens (including phenoxy) is 1. The van der Waals surface area contributed by atoms with Crippen LogP contribution in [0.2, 0.25) is 0 Å². The van der Waals surface area contributed by atoms with Crippen LogP contribution in [0.3, 0.4) is 0 Å². The molecule has 1 heterocycles. The minimum atomic E-state index is -0.0146. The summed E-state index contributed by atoms with van der Waals surface area (Å²) < 4.78 is 5.35. The highest BCUT2D eigenvalue weighted by Crippen LogP contribution is 2.11. The van der Waals surface area contributed by atoms with E-state index in [9.17, 15) is 4.79 Å². The molecule has 0 saturated carbocycles. The summed E-state index contributed by atoms with van der Waals surface area (Å²) in [4.78, 5) is 16.3. The summed E-state index contributed by atoms with van der Waals surface area (Å²) in [5, 5.41) is 3.03. The van der Waals surface area contributed by atoms with E-state index in [-0.39, 0.29) is 11.9 Å². The van der Waals surface area contributed by atoms with E-state index in [1.807, 2.05) is 25.9 Å². The number of amides is 1. The number of carbonyl (C=O) groups is 1. The molecule has 1 saturated heterocycles. The van der Waals surface area contributed by atoms with Crippen LogP contribution in [0.15, 0.2) is 0 Å². The molecule has 0 aromatic heterocycles. The van der Waals surface area contributed by atoms with Crippen LogP contribution in [-0.2, 0) is 9.53 Å². The van der Waals surface area contributed by atoms with Gasteiger partial charge < -0.3 is 15.0 Å². The monoisotopic (exact) mass is 271 g/mol. The highest BCUT2D eigenvalue weighted by Gasteiger charge is 2.20. The zero-order valence-corrected chi connectivity index (χ0v) is 12.8. The van der Waals surface area contributed by atoms with E-state index in [4.69, 9.17) is 4.74 Å². The van der Waals surface area contributed by atoms with Crippen LogP contribution in [0, 0.1) is 0 Å². The average molecular weight is 271 g/mol. The van der Waals surface area contributed by atoms with Crippen molar-refractivity contribution >= 4 is 5.91 Å². The summed E-state index contributed by atoms with van der Waals surface area (Å²) in [7, 11) is 5.68. The summed E-state index contributed by atoms with van der Waals surface area (Å²) in [5.41, 5.74) is 0. The molecular formula is C14H29N3O2. The lowest BCUT2D eigenvalue weighted by Crippen LogP contribution is -2.46. The topological polar surface area (TPSA) is 44.8 Å². The molecule has 0 aliphatic carbocycles. The minimum Gasteiger partial charge on any atom is -0.381 e. The van der Waals surface area contributed by atoms with Crippen molar-refractivity contribution in [2.45, 2.75) is 38.3 Å². The van der Waals surface area contributed by atoms with Crippen molar-refractivity contribution in [3.05, 3.63) is 0 Å². The van der Waals surface area contributed by atoms with Gasteiger partial charge in [-0.2, -0.15) is 0 Å². The van der Waals surface area contributed by atoms with E-state index < -0.39 is 0 Å². The lowest BCUT2D eigenvalue weighted by Gasteiger charge is -2.31. The van der Waals surface area contributed by atoms with Gasteiger partial charge in [0.25, 0.3) is 0 Å². The van der Waals surface area contributed by atoms with Gasteiger partial charge in [0.1, 0.15) is 0 Å². The number of carbonyl (C=O) groups excluding carboxylic acids is 1. The molecule has 1 atom stereocenters. The summed E-state index contributed by atoms with van der Waals surface area (Å²) in [6, 6.07) is -0.0146. The average Bonchev–Trinajstić information content (AvgIpc) is 2.40. The third-order valence-corrected chi connectivity index (χ3v) is 3.91. The number of piperidine rings is 1. The molecule has 1 aliphatic heterocycles. The second-order valence-electron chi connectivity index (χ2n) is 5.46. The van der Waals surface area contributed by atoms with Crippen molar-refractivity contribution in [1.29, 1.82) is 0 Å². The summed E-state index contributed by atoms with van der Waals surface area (Å²) in [6.45, 7) is 5.85. The molecule has 112 valence electrons. The Morgan fingerprint density at radius 1 is 1.42 bits per heavy atom. The van der Waals surface area contributed by atoms with Gasteiger partial charge in [-0.3, -0.25) is 9.69 Å². The maximum Gasteiger partial charge on any atom is 0.237 e. The van der Waals surface area contributed by atoms with Crippen molar-refractivity contribution in [2.24, 2.45) is 0 Å². The van der Waals surface area contributed by atoms with Crippen molar-refractivity contribution in [3.63, 3.8) is 0 Å². The number of methoxy groups -OCH3 is 1. The number of hydrogen-bond donors (Lipinski definition) is 1. The zero-order valence-electron chi connectivity index (χ0n) is 12.8. The smallest absolute Gasteiger partial charge is 0.237 e. The second-order valence-corrected chi connectivity index (χ2v) is 5.46. The number of nitrogens with zero attached hydrogens (tertiary/aromatic N) is 2. The molecule has 0 bridgehead atoms. The molecule has 0 aromatic carbocycles. The van der Waals surface area contributed by atoms with Crippen LogP contribution in [-0.4, -0.2) is 75.2 Å². The molecule has 0 radical (unpaired) electrons. The lowest BCUT2D eigenvalue weighted by atomic mass is 10.1. The number of hydrogen-bond acceptors (Lipinski definition) is 4. The van der Waals surface area contributed by atoms with Gasteiger partial charge in [0, 0.05) is 33.3 Å². The van der Waals surface area contributed by atoms with Gasteiger partial charge in [-0.1, -0.05) is 6.92 Å². The molecular weight excluding hydrogens is 242 g/mol. The van der Waals surface area contributed by atoms with Gasteiger partial charge in [-0.25, -0.2) is 0 Å². The normalized spacial score (nSPS) is 19.6. The predicted octanol–water partition coefficient (Wildman–Crippen LogP) is 0.554. The van der Waals surface area contributed by atoms with Crippen molar-refractivity contribution in [3.8, 4) is 0 Å². The second kappa shape index (κ2) is 8.51. The first kappa shape index (κ1) is 16.4. The van der Waals surface area contributed by atoms with Gasteiger partial charge >= 0.3 is 0 Å². The van der Waals surface area contributed by atoms with E-state index in [0.29, 0.717) is 6.10 Å². The molecule has 0 spiro atoms. The fourth-order valence-corrected chi connectivity index (χ4v) is 2.61. The lowest BCUT2D eigenvalue weighted by molar-refractivity contribution is -0.125. The first-order valence-corrected chi connectivity index (χ1v) is 7.27. The van der Waals surface area contributed by atoms with E-state index in [1.54, 1.807) is 7.11 Å².